The van der Waals surface area contributed by atoms with Crippen molar-refractivity contribution >= 4 is 10.2 Å². The Morgan fingerprint density at radius 2 is 2.19 bits per heavy atom. The maximum Gasteiger partial charge on any atom is 0.280 e. The van der Waals surface area contributed by atoms with Crippen molar-refractivity contribution in [2.24, 2.45) is 5.92 Å². The van der Waals surface area contributed by atoms with Gasteiger partial charge in [0.1, 0.15) is 5.82 Å². The van der Waals surface area contributed by atoms with Crippen LogP contribution < -0.4 is 4.72 Å². The van der Waals surface area contributed by atoms with Crippen LogP contribution in [0.2, 0.25) is 0 Å². The first-order valence-corrected chi connectivity index (χ1v) is 8.51. The second-order valence-corrected chi connectivity index (χ2v) is 7.37. The number of hydrogen-bond donors (Lipinski definition) is 2. The van der Waals surface area contributed by atoms with Gasteiger partial charge in [0.2, 0.25) is 0 Å². The molecule has 9 heteroatoms. The minimum Gasteiger partial charge on any atom is -0.376 e. The van der Waals surface area contributed by atoms with Crippen molar-refractivity contribution in [3.8, 4) is 0 Å². The molecule has 1 saturated heterocycles. The summed E-state index contributed by atoms with van der Waals surface area (Å²) in [5, 5.41) is 6.82. The molecule has 2 rings (SSSR count). The van der Waals surface area contributed by atoms with Gasteiger partial charge in [-0.25, -0.2) is 4.98 Å². The zero-order valence-corrected chi connectivity index (χ0v) is 13.6. The predicted octanol–water partition coefficient (Wildman–Crippen LogP) is 0.365. The molecular formula is C12H23N5O3S. The van der Waals surface area contributed by atoms with Crippen molar-refractivity contribution in [3.05, 3.63) is 11.6 Å². The van der Waals surface area contributed by atoms with Crippen LogP contribution in [0.3, 0.4) is 0 Å². The smallest absolute Gasteiger partial charge is 0.280 e. The molecule has 1 aliphatic rings. The van der Waals surface area contributed by atoms with Crippen LogP contribution >= 0.6 is 0 Å². The van der Waals surface area contributed by atoms with Gasteiger partial charge in [-0.2, -0.15) is 22.5 Å². The Bertz CT molecular complexity index is 571. The minimum absolute atomic E-state index is 0.0356. The van der Waals surface area contributed by atoms with Crippen LogP contribution in [0.25, 0.3) is 0 Å². The van der Waals surface area contributed by atoms with Crippen LogP contribution in [0.5, 0.6) is 0 Å². The van der Waals surface area contributed by atoms with Gasteiger partial charge in [0.25, 0.3) is 10.2 Å². The number of aromatic nitrogens is 3. The second-order valence-electron chi connectivity index (χ2n) is 5.66. The molecule has 0 aliphatic carbocycles. The van der Waals surface area contributed by atoms with Gasteiger partial charge in [-0.1, -0.05) is 13.8 Å². The first-order chi connectivity index (χ1) is 9.79. The maximum absolute atomic E-state index is 12.5. The lowest BCUT2D eigenvalue weighted by molar-refractivity contribution is 0.00958. The molecule has 120 valence electrons. The molecule has 1 aliphatic heterocycles. The Morgan fingerprint density at radius 1 is 1.48 bits per heavy atom. The molecule has 8 nitrogen and oxygen atoms in total. The first-order valence-electron chi connectivity index (χ1n) is 7.07. The van der Waals surface area contributed by atoms with Gasteiger partial charge in [0, 0.05) is 13.1 Å². The summed E-state index contributed by atoms with van der Waals surface area (Å²) in [6, 6.07) is -0.460. The molecule has 0 spiro atoms. The van der Waals surface area contributed by atoms with E-state index in [9.17, 15) is 8.42 Å². The van der Waals surface area contributed by atoms with E-state index in [2.05, 4.69) is 19.9 Å². The highest BCUT2D eigenvalue weighted by Gasteiger charge is 2.32. The largest absolute Gasteiger partial charge is 0.376 e. The fraction of sp³-hybridized carbons (Fsp3) is 0.833. The fourth-order valence-electron chi connectivity index (χ4n) is 2.23. The Morgan fingerprint density at radius 3 is 2.71 bits per heavy atom. The second kappa shape index (κ2) is 6.39. The number of rotatable bonds is 5. The van der Waals surface area contributed by atoms with Gasteiger partial charge < -0.3 is 4.74 Å². The van der Waals surface area contributed by atoms with Crippen molar-refractivity contribution in [1.82, 2.24) is 24.2 Å². The maximum atomic E-state index is 12.5. The number of H-pyrrole nitrogens is 1. The Kier molecular flexibility index (Phi) is 4.97. The highest BCUT2D eigenvalue weighted by molar-refractivity contribution is 7.87. The molecule has 0 radical (unpaired) electrons. The highest BCUT2D eigenvalue weighted by Crippen LogP contribution is 2.21. The highest BCUT2D eigenvalue weighted by atomic mass is 32.2. The molecule has 0 unspecified atom stereocenters. The summed E-state index contributed by atoms with van der Waals surface area (Å²) in [5.74, 6) is 1.16. The molecule has 21 heavy (non-hydrogen) atoms. The zero-order valence-electron chi connectivity index (χ0n) is 12.8. The third-order valence-corrected chi connectivity index (χ3v) is 4.94. The summed E-state index contributed by atoms with van der Waals surface area (Å²) in [6.07, 6.45) is -0.0985. The van der Waals surface area contributed by atoms with Crippen LogP contribution in [0.4, 0.5) is 0 Å². The van der Waals surface area contributed by atoms with Crippen molar-refractivity contribution < 1.29 is 13.2 Å². The fourth-order valence-corrected chi connectivity index (χ4v) is 3.79. The number of nitrogens with one attached hydrogen (secondary N) is 2. The molecule has 0 saturated carbocycles. The number of morpholine rings is 1. The summed E-state index contributed by atoms with van der Waals surface area (Å²) in [5.41, 5.74) is 0. The third-order valence-electron chi connectivity index (χ3n) is 3.38. The SMILES string of the molecule is Cc1nc([C@@H](NS(=O)(=O)N2CCO[C@@H](C)C2)C(C)C)n[nH]1. The average Bonchev–Trinajstić information content (AvgIpc) is 2.82. The van der Waals surface area contributed by atoms with Crippen LogP contribution in [-0.4, -0.2) is 53.7 Å². The van der Waals surface area contributed by atoms with E-state index in [1.54, 1.807) is 6.92 Å². The molecule has 2 atom stereocenters. The Hall–Kier alpha value is -1.03. The van der Waals surface area contributed by atoms with E-state index < -0.39 is 16.3 Å². The summed E-state index contributed by atoms with van der Waals surface area (Å²) in [6.45, 7) is 8.63. The minimum atomic E-state index is -3.59. The summed E-state index contributed by atoms with van der Waals surface area (Å²) in [7, 11) is -3.59. The van der Waals surface area contributed by atoms with E-state index in [-0.39, 0.29) is 12.0 Å². The van der Waals surface area contributed by atoms with Gasteiger partial charge in [-0.05, 0) is 19.8 Å². The molecule has 0 bridgehead atoms. The Balaban J connectivity index is 2.15. The molecule has 2 N–H and O–H groups in total. The molecular weight excluding hydrogens is 294 g/mol. The van der Waals surface area contributed by atoms with Gasteiger partial charge in [-0.3, -0.25) is 5.10 Å². The van der Waals surface area contributed by atoms with Crippen LogP contribution in [-0.2, 0) is 14.9 Å². The van der Waals surface area contributed by atoms with Gasteiger partial charge >= 0.3 is 0 Å². The number of hydrogen-bond acceptors (Lipinski definition) is 5. The monoisotopic (exact) mass is 317 g/mol. The van der Waals surface area contributed by atoms with Crippen molar-refractivity contribution in [1.29, 1.82) is 0 Å². The summed E-state index contributed by atoms with van der Waals surface area (Å²) in [4.78, 5) is 4.24. The van der Waals surface area contributed by atoms with E-state index >= 15 is 0 Å². The summed E-state index contributed by atoms with van der Waals surface area (Å²) < 4.78 is 34.5. The van der Waals surface area contributed by atoms with E-state index in [0.29, 0.717) is 31.3 Å². The predicted molar refractivity (Wildman–Crippen MR) is 77.7 cm³/mol. The molecule has 0 aromatic carbocycles. The third kappa shape index (κ3) is 4.00. The lowest BCUT2D eigenvalue weighted by atomic mass is 10.1. The van der Waals surface area contributed by atoms with E-state index in [1.165, 1.54) is 4.31 Å². The molecule has 0 amide bonds. The number of ether oxygens (including phenoxy) is 1. The zero-order chi connectivity index (χ0) is 15.6. The standard InChI is InChI=1S/C12H23N5O3S/c1-8(2)11(12-13-10(4)14-15-12)16-21(18,19)17-5-6-20-9(3)7-17/h8-9,11,16H,5-7H2,1-4H3,(H,13,14,15)/t9-,11-/m0/s1. The van der Waals surface area contributed by atoms with Gasteiger partial charge in [0.05, 0.1) is 18.8 Å². The van der Waals surface area contributed by atoms with Crippen molar-refractivity contribution in [2.45, 2.75) is 39.8 Å². The van der Waals surface area contributed by atoms with E-state index in [0.717, 1.165) is 0 Å². The first kappa shape index (κ1) is 16.3. The molecule has 1 aromatic rings. The normalized spacial score (nSPS) is 22.6. The van der Waals surface area contributed by atoms with Crippen LogP contribution in [0.1, 0.15) is 38.5 Å². The van der Waals surface area contributed by atoms with Crippen molar-refractivity contribution in [2.75, 3.05) is 19.7 Å². The van der Waals surface area contributed by atoms with Gasteiger partial charge in [-0.15, -0.1) is 0 Å². The van der Waals surface area contributed by atoms with Crippen molar-refractivity contribution in [3.63, 3.8) is 0 Å². The average molecular weight is 317 g/mol. The van der Waals surface area contributed by atoms with Gasteiger partial charge in [0.15, 0.2) is 5.82 Å². The topological polar surface area (TPSA) is 100 Å². The van der Waals surface area contributed by atoms with Crippen LogP contribution in [0, 0.1) is 12.8 Å². The molecule has 2 heterocycles. The number of nitrogens with zero attached hydrogens (tertiary/aromatic N) is 3. The number of aryl methyl sites for hydroxylation is 1. The van der Waals surface area contributed by atoms with E-state index in [4.69, 9.17) is 4.74 Å². The number of aromatic amines is 1. The summed E-state index contributed by atoms with van der Waals surface area (Å²) >= 11 is 0. The molecule has 1 aromatic heterocycles. The van der Waals surface area contributed by atoms with E-state index in [1.807, 2.05) is 20.8 Å². The lowest BCUT2D eigenvalue weighted by Gasteiger charge is -2.32. The Labute approximate surface area is 125 Å². The molecule has 1 fully saturated rings. The quantitative estimate of drug-likeness (QED) is 0.817. The van der Waals surface area contributed by atoms with Crippen LogP contribution in [0.15, 0.2) is 0 Å². The lowest BCUT2D eigenvalue weighted by Crippen LogP contribution is -2.50.